The summed E-state index contributed by atoms with van der Waals surface area (Å²) in [6, 6.07) is 24.2. The minimum Gasteiger partial charge on any atom is -0.493 e. The summed E-state index contributed by atoms with van der Waals surface area (Å²) < 4.78 is 33.6. The van der Waals surface area contributed by atoms with E-state index in [0.717, 1.165) is 28.9 Å². The number of fused-ring (bicyclic) bond motifs is 1. The normalized spacial score (nSPS) is 13.4. The smallest absolute Gasteiger partial charge is 0.243 e. The van der Waals surface area contributed by atoms with Crippen molar-refractivity contribution >= 4 is 10.0 Å². The van der Waals surface area contributed by atoms with E-state index in [1.165, 1.54) is 4.31 Å². The minimum absolute atomic E-state index is 0.311. The summed E-state index contributed by atoms with van der Waals surface area (Å²) >= 11 is 0. The van der Waals surface area contributed by atoms with Crippen LogP contribution in [0, 0.1) is 0 Å². The van der Waals surface area contributed by atoms with Crippen LogP contribution < -0.4 is 4.74 Å². The Morgan fingerprint density at radius 2 is 1.48 bits per heavy atom. The molecule has 0 radical (unpaired) electrons. The number of hydrogen-bond donors (Lipinski definition) is 0. The van der Waals surface area contributed by atoms with Gasteiger partial charge < -0.3 is 4.74 Å². The van der Waals surface area contributed by atoms with Crippen molar-refractivity contribution < 1.29 is 13.2 Å². The van der Waals surface area contributed by atoms with Crippen LogP contribution in [0.3, 0.4) is 0 Å². The van der Waals surface area contributed by atoms with E-state index < -0.39 is 10.0 Å². The van der Waals surface area contributed by atoms with Crippen molar-refractivity contribution in [3.8, 4) is 5.75 Å². The number of rotatable bonds is 6. The standard InChI is InChI=1S/C22H21NO3S/c24-27(25,21-9-5-2-6-10-21)23(16-18-7-3-1-4-8-18)17-19-11-12-22-20(15-19)13-14-26-22/h1-12,15H,13-14,16-17H2. The molecule has 1 aliphatic rings. The van der Waals surface area contributed by atoms with Crippen molar-refractivity contribution in [3.63, 3.8) is 0 Å². The van der Waals surface area contributed by atoms with E-state index in [9.17, 15) is 8.42 Å². The zero-order valence-electron chi connectivity index (χ0n) is 14.9. The molecule has 0 N–H and O–H groups in total. The number of hydrogen-bond acceptors (Lipinski definition) is 3. The Kier molecular flexibility index (Phi) is 4.97. The zero-order valence-corrected chi connectivity index (χ0v) is 15.7. The fraction of sp³-hybridized carbons (Fsp3) is 0.182. The average Bonchev–Trinajstić information content (AvgIpc) is 3.17. The summed E-state index contributed by atoms with van der Waals surface area (Å²) in [5.74, 6) is 0.902. The first-order chi connectivity index (χ1) is 13.1. The van der Waals surface area contributed by atoms with Crippen LogP contribution in [0.5, 0.6) is 5.75 Å². The summed E-state index contributed by atoms with van der Waals surface area (Å²) in [6.45, 7) is 1.33. The second-order valence-electron chi connectivity index (χ2n) is 6.61. The van der Waals surface area contributed by atoms with E-state index in [1.54, 1.807) is 24.3 Å². The summed E-state index contributed by atoms with van der Waals surface area (Å²) in [5.41, 5.74) is 3.07. The van der Waals surface area contributed by atoms with Gasteiger partial charge in [-0.2, -0.15) is 4.31 Å². The molecule has 0 saturated carbocycles. The molecule has 0 spiro atoms. The highest BCUT2D eigenvalue weighted by Crippen LogP contribution is 2.28. The van der Waals surface area contributed by atoms with Crippen LogP contribution in [0.15, 0.2) is 83.8 Å². The van der Waals surface area contributed by atoms with E-state index in [1.807, 2.05) is 48.5 Å². The molecule has 1 heterocycles. The summed E-state index contributed by atoms with van der Waals surface area (Å²) in [5, 5.41) is 0. The molecule has 1 aliphatic heterocycles. The molecular formula is C22H21NO3S. The molecule has 0 aromatic heterocycles. The molecule has 0 bridgehead atoms. The first kappa shape index (κ1) is 17.8. The van der Waals surface area contributed by atoms with E-state index in [4.69, 9.17) is 4.74 Å². The molecule has 0 aliphatic carbocycles. The topological polar surface area (TPSA) is 46.6 Å². The molecule has 5 heteroatoms. The van der Waals surface area contributed by atoms with E-state index in [-0.39, 0.29) is 0 Å². The average molecular weight is 379 g/mol. The molecule has 3 aromatic carbocycles. The maximum absolute atomic E-state index is 13.3. The van der Waals surface area contributed by atoms with Gasteiger partial charge in [-0.25, -0.2) is 8.42 Å². The Hall–Kier alpha value is -2.63. The van der Waals surface area contributed by atoms with Gasteiger partial charge in [-0.3, -0.25) is 0 Å². The molecule has 0 fully saturated rings. The SMILES string of the molecule is O=S(=O)(c1ccccc1)N(Cc1ccccc1)Cc1ccc2c(c1)CCO2. The first-order valence-corrected chi connectivity index (χ1v) is 10.4. The van der Waals surface area contributed by atoms with Gasteiger partial charge in [-0.1, -0.05) is 60.7 Å². The van der Waals surface area contributed by atoms with Crippen LogP contribution >= 0.6 is 0 Å². The van der Waals surface area contributed by atoms with Crippen LogP contribution in [0.1, 0.15) is 16.7 Å². The lowest BCUT2D eigenvalue weighted by molar-refractivity contribution is 0.356. The predicted octanol–water partition coefficient (Wildman–Crippen LogP) is 4.01. The highest BCUT2D eigenvalue weighted by atomic mass is 32.2. The number of sulfonamides is 1. The maximum Gasteiger partial charge on any atom is 0.243 e. The monoisotopic (exact) mass is 379 g/mol. The van der Waals surface area contributed by atoms with Crippen LogP contribution in [0.4, 0.5) is 0 Å². The molecule has 3 aromatic rings. The Balaban J connectivity index is 1.67. The lowest BCUT2D eigenvalue weighted by Crippen LogP contribution is -2.30. The Bertz CT molecular complexity index is 1020. The molecule has 0 atom stereocenters. The largest absolute Gasteiger partial charge is 0.493 e. The molecule has 0 unspecified atom stereocenters. The Labute approximate surface area is 160 Å². The van der Waals surface area contributed by atoms with Gasteiger partial charge in [0.25, 0.3) is 0 Å². The van der Waals surface area contributed by atoms with Gasteiger partial charge in [0, 0.05) is 19.5 Å². The van der Waals surface area contributed by atoms with Gasteiger partial charge in [0.15, 0.2) is 0 Å². The van der Waals surface area contributed by atoms with Gasteiger partial charge >= 0.3 is 0 Å². The van der Waals surface area contributed by atoms with Crippen molar-refractivity contribution in [2.45, 2.75) is 24.4 Å². The molecule has 27 heavy (non-hydrogen) atoms. The van der Waals surface area contributed by atoms with Crippen molar-refractivity contribution in [1.29, 1.82) is 0 Å². The molecule has 4 rings (SSSR count). The van der Waals surface area contributed by atoms with Gasteiger partial charge in [0.2, 0.25) is 10.0 Å². The number of ether oxygens (including phenoxy) is 1. The van der Waals surface area contributed by atoms with Crippen molar-refractivity contribution in [3.05, 3.63) is 95.6 Å². The van der Waals surface area contributed by atoms with Gasteiger partial charge in [-0.15, -0.1) is 0 Å². The third-order valence-corrected chi connectivity index (χ3v) is 6.50. The van der Waals surface area contributed by atoms with Gasteiger partial charge in [0.05, 0.1) is 11.5 Å². The second kappa shape index (κ2) is 7.55. The van der Waals surface area contributed by atoms with Crippen LogP contribution in [-0.2, 0) is 29.5 Å². The summed E-state index contributed by atoms with van der Waals surface area (Å²) in [7, 11) is -3.61. The summed E-state index contributed by atoms with van der Waals surface area (Å²) in [4.78, 5) is 0.311. The Morgan fingerprint density at radius 1 is 0.815 bits per heavy atom. The van der Waals surface area contributed by atoms with Crippen LogP contribution in [-0.4, -0.2) is 19.3 Å². The highest BCUT2D eigenvalue weighted by Gasteiger charge is 2.25. The molecule has 0 saturated heterocycles. The van der Waals surface area contributed by atoms with E-state index in [0.29, 0.717) is 24.6 Å². The maximum atomic E-state index is 13.3. The van der Waals surface area contributed by atoms with Crippen LogP contribution in [0.25, 0.3) is 0 Å². The van der Waals surface area contributed by atoms with E-state index in [2.05, 4.69) is 6.07 Å². The predicted molar refractivity (Wildman–Crippen MR) is 105 cm³/mol. The fourth-order valence-electron chi connectivity index (χ4n) is 3.30. The molecule has 138 valence electrons. The fourth-order valence-corrected chi connectivity index (χ4v) is 4.73. The number of benzene rings is 3. The Morgan fingerprint density at radius 3 is 2.22 bits per heavy atom. The van der Waals surface area contributed by atoms with Crippen molar-refractivity contribution in [2.24, 2.45) is 0 Å². The summed E-state index contributed by atoms with van der Waals surface area (Å²) in [6.07, 6.45) is 0.868. The highest BCUT2D eigenvalue weighted by molar-refractivity contribution is 7.89. The first-order valence-electron chi connectivity index (χ1n) is 8.97. The van der Waals surface area contributed by atoms with Gasteiger partial charge in [0.1, 0.15) is 5.75 Å². The molecular weight excluding hydrogens is 358 g/mol. The van der Waals surface area contributed by atoms with E-state index >= 15 is 0 Å². The van der Waals surface area contributed by atoms with Crippen LogP contribution in [0.2, 0.25) is 0 Å². The third-order valence-electron chi connectivity index (χ3n) is 4.70. The molecule has 4 nitrogen and oxygen atoms in total. The zero-order chi connectivity index (χ0) is 18.7. The second-order valence-corrected chi connectivity index (χ2v) is 8.55. The van der Waals surface area contributed by atoms with Gasteiger partial charge in [-0.05, 0) is 34.9 Å². The number of nitrogens with zero attached hydrogens (tertiary/aromatic N) is 1. The lowest BCUT2D eigenvalue weighted by Gasteiger charge is -2.23. The lowest BCUT2D eigenvalue weighted by atomic mass is 10.1. The van der Waals surface area contributed by atoms with Crippen molar-refractivity contribution in [1.82, 2.24) is 4.31 Å². The minimum atomic E-state index is -3.61. The third kappa shape index (κ3) is 3.89. The van der Waals surface area contributed by atoms with Crippen molar-refractivity contribution in [2.75, 3.05) is 6.61 Å². The quantitative estimate of drug-likeness (QED) is 0.650. The molecule has 0 amide bonds.